The number of nitrogens with one attached hydrogen (secondary N) is 1. The summed E-state index contributed by atoms with van der Waals surface area (Å²) in [6, 6.07) is 5.62. The summed E-state index contributed by atoms with van der Waals surface area (Å²) in [5.74, 6) is 0.773. The van der Waals surface area contributed by atoms with Crippen LogP contribution in [0, 0.1) is 13.8 Å². The monoisotopic (exact) mass is 389 g/mol. The number of methoxy groups -OCH3 is 1. The lowest BCUT2D eigenvalue weighted by Crippen LogP contribution is -2.44. The van der Waals surface area contributed by atoms with Gasteiger partial charge in [-0.15, -0.1) is 0 Å². The number of likely N-dealkylation sites (tertiary alicyclic amines) is 1. The Morgan fingerprint density at radius 2 is 2.07 bits per heavy atom. The number of aromatic nitrogens is 2. The van der Waals surface area contributed by atoms with E-state index in [1.54, 1.807) is 6.20 Å². The fraction of sp³-hybridized carbons (Fsp3) is 0.500. The Morgan fingerprint density at radius 1 is 1.32 bits per heavy atom. The first-order valence-corrected chi connectivity index (χ1v) is 9.37. The van der Waals surface area contributed by atoms with Gasteiger partial charge in [0.2, 0.25) is 5.88 Å². The van der Waals surface area contributed by atoms with Gasteiger partial charge in [-0.3, -0.25) is 9.88 Å². The molecule has 2 aromatic heterocycles. The minimum atomic E-state index is -0.867. The molecule has 0 spiro atoms. The van der Waals surface area contributed by atoms with Crippen molar-refractivity contribution in [2.45, 2.75) is 32.3 Å². The maximum Gasteiger partial charge on any atom is 0.514 e. The van der Waals surface area contributed by atoms with Crippen molar-refractivity contribution in [1.29, 1.82) is 0 Å². The normalized spacial score (nSPS) is 16.6. The fourth-order valence-corrected chi connectivity index (χ4v) is 3.35. The van der Waals surface area contributed by atoms with Crippen molar-refractivity contribution in [2.24, 2.45) is 0 Å². The molecule has 1 fully saturated rings. The topological polar surface area (TPSA) is 96.9 Å². The maximum absolute atomic E-state index is 11.4. The Balaban J connectivity index is 1.52. The Bertz CT molecular complexity index is 798. The van der Waals surface area contributed by atoms with Crippen LogP contribution in [0.2, 0.25) is 0 Å². The molecule has 28 heavy (non-hydrogen) atoms. The average Bonchev–Trinajstić information content (AvgIpc) is 2.97. The summed E-state index contributed by atoms with van der Waals surface area (Å²) in [4.78, 5) is 20.9. The number of aryl methyl sites for hydroxylation is 1. The van der Waals surface area contributed by atoms with Gasteiger partial charge >= 0.3 is 6.16 Å². The molecule has 2 aromatic rings. The number of nitrogens with zero attached hydrogens (tertiary/aromatic N) is 2. The lowest BCUT2D eigenvalue weighted by atomic mass is 9.88. The Morgan fingerprint density at radius 3 is 2.71 bits per heavy atom. The van der Waals surface area contributed by atoms with Crippen molar-refractivity contribution < 1.29 is 24.1 Å². The number of hydrogen-bond donors (Lipinski definition) is 2. The predicted octanol–water partition coefficient (Wildman–Crippen LogP) is 2.53. The number of H-pyrrole nitrogens is 1. The van der Waals surface area contributed by atoms with Gasteiger partial charge in [0.1, 0.15) is 12.2 Å². The molecular formula is C20H27N3O5. The average molecular weight is 389 g/mol. The first-order chi connectivity index (χ1) is 13.4. The van der Waals surface area contributed by atoms with Gasteiger partial charge in [0.15, 0.2) is 5.75 Å². The van der Waals surface area contributed by atoms with Crippen LogP contribution in [0.1, 0.15) is 29.8 Å². The molecule has 0 bridgehead atoms. The maximum atomic E-state index is 11.4. The predicted molar refractivity (Wildman–Crippen MR) is 103 cm³/mol. The van der Waals surface area contributed by atoms with Gasteiger partial charge in [0.05, 0.1) is 12.8 Å². The molecule has 0 aromatic carbocycles. The van der Waals surface area contributed by atoms with Gasteiger partial charge in [0, 0.05) is 37.1 Å². The fourth-order valence-electron chi connectivity index (χ4n) is 3.35. The summed E-state index contributed by atoms with van der Waals surface area (Å²) in [5.41, 5.74) is 1.62. The van der Waals surface area contributed by atoms with E-state index in [0.29, 0.717) is 31.7 Å². The van der Waals surface area contributed by atoms with E-state index in [2.05, 4.69) is 19.6 Å². The highest BCUT2D eigenvalue weighted by Crippen LogP contribution is 2.34. The van der Waals surface area contributed by atoms with E-state index in [1.807, 2.05) is 32.0 Å². The Kier molecular flexibility index (Phi) is 6.21. The van der Waals surface area contributed by atoms with Crippen molar-refractivity contribution in [1.82, 2.24) is 14.9 Å². The zero-order valence-electron chi connectivity index (χ0n) is 16.5. The van der Waals surface area contributed by atoms with Crippen molar-refractivity contribution in [3.05, 3.63) is 41.3 Å². The van der Waals surface area contributed by atoms with Gasteiger partial charge in [-0.25, -0.2) is 4.79 Å². The van der Waals surface area contributed by atoms with Crippen LogP contribution < -0.4 is 9.47 Å². The second-order valence-electron chi connectivity index (χ2n) is 7.03. The van der Waals surface area contributed by atoms with Crippen LogP contribution in [0.15, 0.2) is 24.4 Å². The largest absolute Gasteiger partial charge is 0.514 e. The zero-order chi connectivity index (χ0) is 20.1. The second kappa shape index (κ2) is 8.62. The molecule has 0 saturated carbocycles. The van der Waals surface area contributed by atoms with Gasteiger partial charge in [-0.05, 0) is 38.8 Å². The zero-order valence-corrected chi connectivity index (χ0v) is 16.5. The van der Waals surface area contributed by atoms with E-state index in [1.165, 1.54) is 7.11 Å². The summed E-state index contributed by atoms with van der Waals surface area (Å²) >= 11 is 0. The van der Waals surface area contributed by atoms with Gasteiger partial charge < -0.3 is 24.3 Å². The van der Waals surface area contributed by atoms with Crippen molar-refractivity contribution >= 4 is 6.16 Å². The lowest BCUT2D eigenvalue weighted by Gasteiger charge is -2.37. The number of piperidine rings is 1. The first-order valence-electron chi connectivity index (χ1n) is 9.37. The van der Waals surface area contributed by atoms with E-state index in [-0.39, 0.29) is 5.88 Å². The molecule has 0 aliphatic carbocycles. The number of hydrogen-bond acceptors (Lipinski definition) is 7. The van der Waals surface area contributed by atoms with Gasteiger partial charge in [-0.1, -0.05) is 6.07 Å². The third-order valence-electron chi connectivity index (χ3n) is 5.24. The number of carbonyl (C=O) groups is 1. The Hall–Kier alpha value is -2.58. The highest BCUT2D eigenvalue weighted by molar-refractivity contribution is 5.65. The minimum Gasteiger partial charge on any atom is -0.486 e. The molecule has 3 rings (SSSR count). The first kappa shape index (κ1) is 20.2. The molecule has 0 atom stereocenters. The molecule has 0 radical (unpaired) electrons. The summed E-state index contributed by atoms with van der Waals surface area (Å²) < 4.78 is 15.6. The van der Waals surface area contributed by atoms with Crippen LogP contribution in [0.4, 0.5) is 4.79 Å². The van der Waals surface area contributed by atoms with E-state index < -0.39 is 11.8 Å². The highest BCUT2D eigenvalue weighted by atomic mass is 16.7. The lowest BCUT2D eigenvalue weighted by molar-refractivity contribution is -0.0311. The molecule has 0 unspecified atom stereocenters. The molecule has 8 nitrogen and oxygen atoms in total. The third kappa shape index (κ3) is 4.45. The molecule has 1 aliphatic heterocycles. The summed E-state index contributed by atoms with van der Waals surface area (Å²) in [6.07, 6.45) is 2.17. The van der Waals surface area contributed by atoms with E-state index in [4.69, 9.17) is 9.47 Å². The number of rotatable bonds is 6. The SMILES string of the molecule is COC(=O)Oc1[nH]c(C)c(C)c1OCCN1CCC(O)(c2ccccn2)CC1. The van der Waals surface area contributed by atoms with Crippen molar-refractivity contribution in [3.63, 3.8) is 0 Å². The van der Waals surface area contributed by atoms with Crippen LogP contribution in [0.25, 0.3) is 0 Å². The van der Waals surface area contributed by atoms with Gasteiger partial charge in [0.25, 0.3) is 0 Å². The third-order valence-corrected chi connectivity index (χ3v) is 5.24. The number of carbonyl (C=O) groups excluding carboxylic acids is 1. The van der Waals surface area contributed by atoms with Gasteiger partial charge in [-0.2, -0.15) is 0 Å². The molecular weight excluding hydrogens is 362 g/mol. The summed E-state index contributed by atoms with van der Waals surface area (Å²) in [7, 11) is 1.26. The second-order valence-corrected chi connectivity index (χ2v) is 7.03. The molecule has 0 amide bonds. The van der Waals surface area contributed by atoms with Crippen LogP contribution in [-0.2, 0) is 10.3 Å². The van der Waals surface area contributed by atoms with E-state index in [9.17, 15) is 9.90 Å². The molecule has 8 heteroatoms. The van der Waals surface area contributed by atoms with E-state index in [0.717, 1.165) is 30.0 Å². The highest BCUT2D eigenvalue weighted by Gasteiger charge is 2.35. The van der Waals surface area contributed by atoms with Crippen LogP contribution in [-0.4, -0.2) is 59.5 Å². The van der Waals surface area contributed by atoms with Crippen LogP contribution in [0.5, 0.6) is 11.6 Å². The van der Waals surface area contributed by atoms with Crippen LogP contribution >= 0.6 is 0 Å². The molecule has 3 heterocycles. The smallest absolute Gasteiger partial charge is 0.486 e. The quantitative estimate of drug-likeness (QED) is 0.733. The number of aliphatic hydroxyl groups is 1. The van der Waals surface area contributed by atoms with E-state index >= 15 is 0 Å². The number of ether oxygens (including phenoxy) is 3. The summed E-state index contributed by atoms with van der Waals surface area (Å²) in [6.45, 7) is 6.45. The van der Waals surface area contributed by atoms with Crippen molar-refractivity contribution in [2.75, 3.05) is 33.4 Å². The number of pyridine rings is 1. The molecule has 2 N–H and O–H groups in total. The number of aromatic amines is 1. The molecule has 1 saturated heterocycles. The molecule has 1 aliphatic rings. The summed E-state index contributed by atoms with van der Waals surface area (Å²) in [5, 5.41) is 10.9. The van der Waals surface area contributed by atoms with Crippen LogP contribution in [0.3, 0.4) is 0 Å². The Labute approximate surface area is 164 Å². The molecule has 152 valence electrons. The van der Waals surface area contributed by atoms with Crippen molar-refractivity contribution in [3.8, 4) is 11.6 Å². The minimum absolute atomic E-state index is 0.255. The standard InChI is InChI=1S/C20H27N3O5/c1-14-15(2)22-18(28-19(24)26-3)17(14)27-13-12-23-10-7-20(25,8-11-23)16-6-4-5-9-21-16/h4-6,9,22,25H,7-8,10-13H2,1-3H3.